The third-order valence-electron chi connectivity index (χ3n) is 3.96. The van der Waals surface area contributed by atoms with Crippen LogP contribution in [0.2, 0.25) is 0 Å². The van der Waals surface area contributed by atoms with Crippen LogP contribution < -0.4 is 4.74 Å². The second-order valence-electron chi connectivity index (χ2n) is 5.94. The van der Waals surface area contributed by atoms with E-state index in [1.165, 1.54) is 11.3 Å². The van der Waals surface area contributed by atoms with E-state index >= 15 is 0 Å². The summed E-state index contributed by atoms with van der Waals surface area (Å²) in [5.41, 5.74) is 2.24. The molecule has 0 unspecified atom stereocenters. The molecule has 0 atom stereocenters. The van der Waals surface area contributed by atoms with Crippen LogP contribution in [0.4, 0.5) is 0 Å². The van der Waals surface area contributed by atoms with Crippen LogP contribution in [0.5, 0.6) is 5.75 Å². The molecule has 0 aliphatic rings. The molecule has 4 rings (SSSR count). The number of nitrogens with zero attached hydrogens (tertiary/aromatic N) is 4. The first-order valence-electron chi connectivity index (χ1n) is 8.69. The molecule has 0 aliphatic carbocycles. The summed E-state index contributed by atoms with van der Waals surface area (Å²) in [7, 11) is 1.57. The van der Waals surface area contributed by atoms with E-state index in [2.05, 4.69) is 20.1 Å². The van der Waals surface area contributed by atoms with Gasteiger partial charge in [0.1, 0.15) is 10.8 Å². The molecule has 0 aliphatic heterocycles. The Kier molecular flexibility index (Phi) is 5.57. The van der Waals surface area contributed by atoms with Gasteiger partial charge in [0.25, 0.3) is 5.89 Å². The van der Waals surface area contributed by atoms with Gasteiger partial charge in [-0.25, -0.2) is 4.98 Å². The number of para-hydroxylation sites is 1. The SMILES string of the molecule is COc1ccccc1-c1noc(COC(=O)Cc2csc(-c3cccnc3)n2)n1. The molecule has 3 aromatic heterocycles. The lowest BCUT2D eigenvalue weighted by Crippen LogP contribution is -2.08. The Morgan fingerprint density at radius 3 is 2.90 bits per heavy atom. The zero-order valence-electron chi connectivity index (χ0n) is 15.4. The Bertz CT molecular complexity index is 1110. The average molecular weight is 408 g/mol. The minimum absolute atomic E-state index is 0.0598. The van der Waals surface area contributed by atoms with Crippen molar-refractivity contribution in [1.29, 1.82) is 0 Å². The molecule has 0 saturated heterocycles. The van der Waals surface area contributed by atoms with E-state index in [1.807, 2.05) is 35.7 Å². The highest BCUT2D eigenvalue weighted by Crippen LogP contribution is 2.27. The lowest BCUT2D eigenvalue weighted by atomic mass is 10.2. The largest absolute Gasteiger partial charge is 0.496 e. The van der Waals surface area contributed by atoms with Gasteiger partial charge in [-0.15, -0.1) is 11.3 Å². The molecule has 0 spiro atoms. The van der Waals surface area contributed by atoms with Crippen LogP contribution in [0, 0.1) is 0 Å². The van der Waals surface area contributed by atoms with Gasteiger partial charge in [0, 0.05) is 23.3 Å². The van der Waals surface area contributed by atoms with Gasteiger partial charge in [-0.05, 0) is 24.3 Å². The van der Waals surface area contributed by atoms with Gasteiger partial charge in [-0.1, -0.05) is 17.3 Å². The van der Waals surface area contributed by atoms with Crippen molar-refractivity contribution in [2.75, 3.05) is 7.11 Å². The molecule has 146 valence electrons. The Morgan fingerprint density at radius 1 is 1.17 bits per heavy atom. The van der Waals surface area contributed by atoms with Crippen molar-refractivity contribution in [1.82, 2.24) is 20.1 Å². The number of benzene rings is 1. The normalized spacial score (nSPS) is 10.7. The molecule has 3 heterocycles. The molecular formula is C20H16N4O4S. The standard InChI is InChI=1S/C20H16N4O4S/c1-26-16-7-3-2-6-15(16)19-23-17(28-24-19)11-27-18(25)9-14-12-29-20(22-14)13-5-4-8-21-10-13/h2-8,10,12H,9,11H2,1H3. The first kappa shape index (κ1) is 18.8. The summed E-state index contributed by atoms with van der Waals surface area (Å²) in [6.07, 6.45) is 3.49. The quantitative estimate of drug-likeness (QED) is 0.428. The van der Waals surface area contributed by atoms with Gasteiger partial charge in [0.15, 0.2) is 6.61 Å². The van der Waals surface area contributed by atoms with Gasteiger partial charge in [0.2, 0.25) is 5.82 Å². The molecule has 0 N–H and O–H groups in total. The van der Waals surface area contributed by atoms with E-state index in [-0.39, 0.29) is 18.9 Å². The van der Waals surface area contributed by atoms with Gasteiger partial charge >= 0.3 is 5.97 Å². The summed E-state index contributed by atoms with van der Waals surface area (Å²) in [5, 5.41) is 6.55. The van der Waals surface area contributed by atoms with Gasteiger partial charge < -0.3 is 14.0 Å². The van der Waals surface area contributed by atoms with E-state index in [0.717, 1.165) is 10.6 Å². The van der Waals surface area contributed by atoms with Gasteiger partial charge in [-0.2, -0.15) is 4.98 Å². The number of pyridine rings is 1. The minimum atomic E-state index is -0.426. The van der Waals surface area contributed by atoms with Crippen LogP contribution in [-0.2, 0) is 22.6 Å². The fourth-order valence-corrected chi connectivity index (χ4v) is 3.41. The number of methoxy groups -OCH3 is 1. The zero-order valence-corrected chi connectivity index (χ0v) is 16.3. The number of hydrogen-bond donors (Lipinski definition) is 0. The fraction of sp³-hybridized carbons (Fsp3) is 0.150. The summed E-state index contributed by atoms with van der Waals surface area (Å²) in [6.45, 7) is -0.111. The molecule has 0 fully saturated rings. The average Bonchev–Trinajstić information content (AvgIpc) is 3.42. The molecule has 0 saturated carbocycles. The van der Waals surface area contributed by atoms with Crippen LogP contribution >= 0.6 is 11.3 Å². The van der Waals surface area contributed by atoms with Crippen molar-refractivity contribution in [3.63, 3.8) is 0 Å². The smallest absolute Gasteiger partial charge is 0.312 e. The predicted octanol–water partition coefficient (Wildman–Crippen LogP) is 3.55. The number of aromatic nitrogens is 4. The third kappa shape index (κ3) is 4.46. The summed E-state index contributed by atoms with van der Waals surface area (Å²) in [6, 6.07) is 11.1. The van der Waals surface area contributed by atoms with E-state index in [4.69, 9.17) is 14.0 Å². The third-order valence-corrected chi connectivity index (χ3v) is 4.90. The monoisotopic (exact) mass is 408 g/mol. The van der Waals surface area contributed by atoms with E-state index in [1.54, 1.807) is 25.6 Å². The first-order chi connectivity index (χ1) is 14.2. The highest BCUT2D eigenvalue weighted by Gasteiger charge is 2.15. The predicted molar refractivity (Wildman–Crippen MR) is 105 cm³/mol. The number of esters is 1. The Balaban J connectivity index is 1.35. The number of carbonyl (C=O) groups excluding carboxylic acids is 1. The molecule has 9 heteroatoms. The Labute approximate surface area is 170 Å². The van der Waals surface area contributed by atoms with Crippen LogP contribution in [0.15, 0.2) is 58.7 Å². The van der Waals surface area contributed by atoms with Crippen molar-refractivity contribution in [2.24, 2.45) is 0 Å². The summed E-state index contributed by atoms with van der Waals surface area (Å²) in [5.74, 6) is 0.776. The summed E-state index contributed by atoms with van der Waals surface area (Å²) >= 11 is 1.45. The summed E-state index contributed by atoms with van der Waals surface area (Å²) < 4.78 is 15.7. The number of thiazole rings is 1. The number of carbonyl (C=O) groups is 1. The number of rotatable bonds is 7. The van der Waals surface area contributed by atoms with Gasteiger partial charge in [0.05, 0.1) is 24.8 Å². The highest BCUT2D eigenvalue weighted by molar-refractivity contribution is 7.13. The van der Waals surface area contributed by atoms with E-state index in [9.17, 15) is 4.79 Å². The number of hydrogen-bond acceptors (Lipinski definition) is 9. The Hall–Kier alpha value is -3.59. The highest BCUT2D eigenvalue weighted by atomic mass is 32.1. The van der Waals surface area contributed by atoms with Crippen molar-refractivity contribution in [3.05, 3.63) is 65.8 Å². The molecule has 4 aromatic rings. The fourth-order valence-electron chi connectivity index (χ4n) is 2.60. The van der Waals surface area contributed by atoms with Crippen LogP contribution in [-0.4, -0.2) is 33.2 Å². The maximum atomic E-state index is 12.1. The Morgan fingerprint density at radius 2 is 2.07 bits per heavy atom. The molecule has 1 aromatic carbocycles. The molecule has 0 bridgehead atoms. The maximum Gasteiger partial charge on any atom is 0.312 e. The number of ether oxygens (including phenoxy) is 2. The van der Waals surface area contributed by atoms with E-state index < -0.39 is 5.97 Å². The second-order valence-corrected chi connectivity index (χ2v) is 6.79. The van der Waals surface area contributed by atoms with Crippen LogP contribution in [0.25, 0.3) is 22.0 Å². The van der Waals surface area contributed by atoms with E-state index in [0.29, 0.717) is 22.8 Å². The second kappa shape index (κ2) is 8.61. The van der Waals surface area contributed by atoms with Crippen molar-refractivity contribution >= 4 is 17.3 Å². The van der Waals surface area contributed by atoms with Crippen molar-refractivity contribution in [3.8, 4) is 27.7 Å². The first-order valence-corrected chi connectivity index (χ1v) is 9.57. The van der Waals surface area contributed by atoms with Crippen LogP contribution in [0.3, 0.4) is 0 Å². The molecule has 0 amide bonds. The molecular weight excluding hydrogens is 392 g/mol. The minimum Gasteiger partial charge on any atom is -0.496 e. The lowest BCUT2D eigenvalue weighted by Gasteiger charge is -2.03. The summed E-state index contributed by atoms with van der Waals surface area (Å²) in [4.78, 5) is 24.9. The lowest BCUT2D eigenvalue weighted by molar-refractivity contribution is -0.144. The van der Waals surface area contributed by atoms with Crippen molar-refractivity contribution < 1.29 is 18.8 Å². The van der Waals surface area contributed by atoms with Crippen LogP contribution in [0.1, 0.15) is 11.6 Å². The van der Waals surface area contributed by atoms with Gasteiger partial charge in [-0.3, -0.25) is 9.78 Å². The molecule has 8 nitrogen and oxygen atoms in total. The van der Waals surface area contributed by atoms with Crippen molar-refractivity contribution in [2.45, 2.75) is 13.0 Å². The topological polar surface area (TPSA) is 100 Å². The molecule has 0 radical (unpaired) electrons. The maximum absolute atomic E-state index is 12.1. The molecule has 29 heavy (non-hydrogen) atoms. The zero-order chi connectivity index (χ0) is 20.1.